The number of hydrogen-bond donors (Lipinski definition) is 0. The van der Waals surface area contributed by atoms with Crippen LogP contribution in [0.3, 0.4) is 0 Å². The van der Waals surface area contributed by atoms with Crippen LogP contribution in [0.25, 0.3) is 16.8 Å². The number of furan rings is 1. The first-order valence-corrected chi connectivity index (χ1v) is 9.36. The van der Waals surface area contributed by atoms with E-state index in [1.165, 1.54) is 12.5 Å². The molecule has 5 rings (SSSR count). The summed E-state index contributed by atoms with van der Waals surface area (Å²) in [4.78, 5) is 23.3. The van der Waals surface area contributed by atoms with Crippen LogP contribution in [0.4, 0.5) is 0 Å². The predicted molar refractivity (Wildman–Crippen MR) is 103 cm³/mol. The number of pyridine rings is 2. The summed E-state index contributed by atoms with van der Waals surface area (Å²) in [5.74, 6) is 0.924. The van der Waals surface area contributed by atoms with Gasteiger partial charge in [0.1, 0.15) is 6.26 Å². The number of carbonyl (C=O) groups excluding carboxylic acids is 1. The Hall–Kier alpha value is -3.48. The summed E-state index contributed by atoms with van der Waals surface area (Å²) in [5.41, 5.74) is 3.55. The molecule has 1 fully saturated rings. The van der Waals surface area contributed by atoms with E-state index >= 15 is 0 Å². The van der Waals surface area contributed by atoms with E-state index in [1.54, 1.807) is 18.5 Å². The molecule has 0 saturated carbocycles. The van der Waals surface area contributed by atoms with Gasteiger partial charge in [-0.3, -0.25) is 9.78 Å². The highest BCUT2D eigenvalue weighted by molar-refractivity contribution is 5.93. The Morgan fingerprint density at radius 3 is 2.82 bits per heavy atom. The summed E-state index contributed by atoms with van der Waals surface area (Å²) < 4.78 is 6.87. The molecule has 0 spiro atoms. The average Bonchev–Trinajstić information content (AvgIpc) is 3.43. The van der Waals surface area contributed by atoms with E-state index in [9.17, 15) is 4.79 Å². The van der Waals surface area contributed by atoms with E-state index in [0.717, 1.165) is 42.0 Å². The van der Waals surface area contributed by atoms with Crippen molar-refractivity contribution in [1.29, 1.82) is 0 Å². The molecule has 7 heteroatoms. The molecular formula is C21H19N5O2. The fourth-order valence-corrected chi connectivity index (χ4v) is 3.73. The topological polar surface area (TPSA) is 76.5 Å². The quantitative estimate of drug-likeness (QED) is 0.550. The molecule has 1 aliphatic rings. The summed E-state index contributed by atoms with van der Waals surface area (Å²) in [5, 5.41) is 4.71. The third-order valence-electron chi connectivity index (χ3n) is 5.20. The molecule has 1 atom stereocenters. The molecule has 1 amide bonds. The van der Waals surface area contributed by atoms with E-state index in [-0.39, 0.29) is 11.8 Å². The third kappa shape index (κ3) is 3.05. The van der Waals surface area contributed by atoms with E-state index < -0.39 is 0 Å². The van der Waals surface area contributed by atoms with Crippen LogP contribution in [0, 0.1) is 0 Å². The molecule has 0 N–H and O–H groups in total. The van der Waals surface area contributed by atoms with Crippen LogP contribution in [0.1, 0.15) is 34.9 Å². The van der Waals surface area contributed by atoms with Gasteiger partial charge in [-0.15, -0.1) is 0 Å². The summed E-state index contributed by atoms with van der Waals surface area (Å²) in [6, 6.07) is 9.66. The lowest BCUT2D eigenvalue weighted by Gasteiger charge is -2.31. The van der Waals surface area contributed by atoms with Crippen molar-refractivity contribution < 1.29 is 9.21 Å². The van der Waals surface area contributed by atoms with Crippen LogP contribution in [0.5, 0.6) is 0 Å². The Morgan fingerprint density at radius 1 is 1.11 bits per heavy atom. The maximum Gasteiger partial charge on any atom is 0.257 e. The van der Waals surface area contributed by atoms with Gasteiger partial charge in [-0.2, -0.15) is 5.10 Å². The Balaban J connectivity index is 1.40. The average molecular weight is 373 g/mol. The van der Waals surface area contributed by atoms with Gasteiger partial charge in [-0.05, 0) is 48.7 Å². The number of aromatic nitrogens is 4. The van der Waals surface area contributed by atoms with E-state index in [0.29, 0.717) is 12.1 Å². The number of hydrogen-bond acceptors (Lipinski definition) is 5. The van der Waals surface area contributed by atoms with Crippen molar-refractivity contribution in [3.63, 3.8) is 0 Å². The lowest BCUT2D eigenvalue weighted by Crippen LogP contribution is -2.39. The number of amides is 1. The van der Waals surface area contributed by atoms with Crippen molar-refractivity contribution in [2.24, 2.45) is 0 Å². The first-order chi connectivity index (χ1) is 13.8. The molecule has 0 aliphatic carbocycles. The van der Waals surface area contributed by atoms with Crippen molar-refractivity contribution in [1.82, 2.24) is 24.5 Å². The van der Waals surface area contributed by atoms with Gasteiger partial charge in [-0.1, -0.05) is 0 Å². The number of piperidine rings is 1. The van der Waals surface area contributed by atoms with Gasteiger partial charge in [0.05, 0.1) is 11.8 Å². The molecule has 4 aromatic heterocycles. The van der Waals surface area contributed by atoms with Crippen molar-refractivity contribution in [2.75, 3.05) is 13.1 Å². The van der Waals surface area contributed by atoms with Crippen LogP contribution in [-0.2, 0) is 0 Å². The molecule has 1 saturated heterocycles. The van der Waals surface area contributed by atoms with Crippen molar-refractivity contribution in [3.8, 4) is 11.1 Å². The minimum atomic E-state index is 0.00203. The lowest BCUT2D eigenvalue weighted by atomic mass is 9.97. The van der Waals surface area contributed by atoms with Crippen LogP contribution >= 0.6 is 0 Å². The van der Waals surface area contributed by atoms with Gasteiger partial charge in [0.15, 0.2) is 11.5 Å². The third-order valence-corrected chi connectivity index (χ3v) is 5.20. The van der Waals surface area contributed by atoms with E-state index in [2.05, 4.69) is 4.98 Å². The number of carbonyl (C=O) groups is 1. The van der Waals surface area contributed by atoms with Crippen LogP contribution in [0.2, 0.25) is 0 Å². The summed E-state index contributed by atoms with van der Waals surface area (Å²) in [7, 11) is 0. The molecular weight excluding hydrogens is 354 g/mol. The van der Waals surface area contributed by atoms with E-state index in [4.69, 9.17) is 14.5 Å². The number of likely N-dealkylation sites (tertiary alicyclic amines) is 1. The molecule has 0 aromatic carbocycles. The molecule has 5 heterocycles. The molecule has 0 bridgehead atoms. The standard InChI is InChI=1S/C21H19N5O2/c27-21(18-7-11-28-14-18)25-10-1-2-17(12-25)20-23-19-4-3-16(13-26(19)24-20)15-5-8-22-9-6-15/h3-9,11,13-14,17H,1-2,10,12H2/t17-/m1/s1. The molecule has 0 unspecified atom stereocenters. The highest BCUT2D eigenvalue weighted by Gasteiger charge is 2.28. The molecule has 4 aromatic rings. The zero-order valence-electron chi connectivity index (χ0n) is 15.2. The molecule has 140 valence electrons. The monoisotopic (exact) mass is 373 g/mol. The molecule has 1 aliphatic heterocycles. The Kier molecular flexibility index (Phi) is 4.12. The zero-order chi connectivity index (χ0) is 18.9. The van der Waals surface area contributed by atoms with Gasteiger partial charge in [0.25, 0.3) is 5.91 Å². The van der Waals surface area contributed by atoms with Crippen molar-refractivity contribution >= 4 is 11.6 Å². The highest BCUT2D eigenvalue weighted by atomic mass is 16.3. The van der Waals surface area contributed by atoms with E-state index in [1.807, 2.05) is 39.9 Å². The van der Waals surface area contributed by atoms with Gasteiger partial charge in [0, 0.05) is 43.2 Å². The minimum absolute atomic E-state index is 0.00203. The van der Waals surface area contributed by atoms with Gasteiger partial charge < -0.3 is 9.32 Å². The van der Waals surface area contributed by atoms with Crippen LogP contribution < -0.4 is 0 Å². The number of rotatable bonds is 3. The number of fused-ring (bicyclic) bond motifs is 1. The van der Waals surface area contributed by atoms with Crippen molar-refractivity contribution in [3.05, 3.63) is 72.8 Å². The molecule has 0 radical (unpaired) electrons. The first-order valence-electron chi connectivity index (χ1n) is 9.36. The van der Waals surface area contributed by atoms with Gasteiger partial charge >= 0.3 is 0 Å². The van der Waals surface area contributed by atoms with Gasteiger partial charge in [0.2, 0.25) is 0 Å². The number of nitrogens with zero attached hydrogens (tertiary/aromatic N) is 5. The maximum atomic E-state index is 12.6. The SMILES string of the molecule is O=C(c1ccoc1)N1CCC[C@@H](c2nc3ccc(-c4ccncc4)cn3n2)C1. The molecule has 7 nitrogen and oxygen atoms in total. The normalized spacial score (nSPS) is 17.1. The van der Waals surface area contributed by atoms with Crippen molar-refractivity contribution in [2.45, 2.75) is 18.8 Å². The fraction of sp³-hybridized carbons (Fsp3) is 0.238. The minimum Gasteiger partial charge on any atom is -0.472 e. The predicted octanol–water partition coefficient (Wildman–Crippen LogP) is 3.40. The smallest absolute Gasteiger partial charge is 0.257 e. The Labute approximate surface area is 161 Å². The Morgan fingerprint density at radius 2 is 2.00 bits per heavy atom. The summed E-state index contributed by atoms with van der Waals surface area (Å²) >= 11 is 0. The molecule has 28 heavy (non-hydrogen) atoms. The lowest BCUT2D eigenvalue weighted by molar-refractivity contribution is 0.0704. The van der Waals surface area contributed by atoms with Crippen LogP contribution in [-0.4, -0.2) is 43.5 Å². The second-order valence-corrected chi connectivity index (χ2v) is 7.03. The largest absolute Gasteiger partial charge is 0.472 e. The second-order valence-electron chi connectivity index (χ2n) is 7.03. The van der Waals surface area contributed by atoms with Gasteiger partial charge in [-0.25, -0.2) is 9.50 Å². The summed E-state index contributed by atoms with van der Waals surface area (Å²) in [6.07, 6.45) is 10.5. The highest BCUT2D eigenvalue weighted by Crippen LogP contribution is 2.27. The fourth-order valence-electron chi connectivity index (χ4n) is 3.73. The first kappa shape index (κ1) is 16.7. The maximum absolute atomic E-state index is 12.6. The summed E-state index contributed by atoms with van der Waals surface area (Å²) in [6.45, 7) is 1.37. The second kappa shape index (κ2) is 6.92. The van der Waals surface area contributed by atoms with Crippen LogP contribution in [0.15, 0.2) is 65.9 Å². The Bertz CT molecular complexity index is 1100. The zero-order valence-corrected chi connectivity index (χ0v) is 15.2.